The summed E-state index contributed by atoms with van der Waals surface area (Å²) in [6.07, 6.45) is 9.17. The number of ether oxygens (including phenoxy) is 2. The Hall–Kier alpha value is -3.23. The van der Waals surface area contributed by atoms with E-state index in [-0.39, 0.29) is 6.04 Å². The topological polar surface area (TPSA) is 97.9 Å². The highest BCUT2D eigenvalue weighted by atomic mass is 16.5. The average molecular weight is 435 g/mol. The van der Waals surface area contributed by atoms with Gasteiger partial charge in [0.25, 0.3) is 0 Å². The Labute approximate surface area is 188 Å². The zero-order valence-corrected chi connectivity index (χ0v) is 18.4. The van der Waals surface area contributed by atoms with Crippen molar-refractivity contribution in [2.24, 2.45) is 10.8 Å². The van der Waals surface area contributed by atoms with Gasteiger partial charge in [-0.3, -0.25) is 10.4 Å². The van der Waals surface area contributed by atoms with Gasteiger partial charge in [0.2, 0.25) is 5.88 Å². The summed E-state index contributed by atoms with van der Waals surface area (Å²) < 4.78 is 11.5. The predicted molar refractivity (Wildman–Crippen MR) is 126 cm³/mol. The van der Waals surface area contributed by atoms with E-state index in [9.17, 15) is 0 Å². The van der Waals surface area contributed by atoms with Gasteiger partial charge >= 0.3 is 0 Å². The van der Waals surface area contributed by atoms with E-state index in [2.05, 4.69) is 38.4 Å². The van der Waals surface area contributed by atoms with Crippen molar-refractivity contribution in [3.05, 3.63) is 71.3 Å². The van der Waals surface area contributed by atoms with Gasteiger partial charge in [0.1, 0.15) is 0 Å². The zero-order valence-electron chi connectivity index (χ0n) is 18.4. The first-order valence-electron chi connectivity index (χ1n) is 11.0. The molecule has 168 valence electrons. The van der Waals surface area contributed by atoms with Crippen LogP contribution in [-0.2, 0) is 11.2 Å². The number of anilines is 1. The molecule has 4 rings (SSSR count). The first-order chi connectivity index (χ1) is 15.7. The molecule has 0 aromatic carbocycles. The molecule has 3 heterocycles. The molecule has 2 aromatic rings. The molecule has 1 saturated heterocycles. The van der Waals surface area contributed by atoms with Crippen molar-refractivity contribution in [3.8, 4) is 5.88 Å². The highest BCUT2D eigenvalue weighted by Gasteiger charge is 2.15. The Morgan fingerprint density at radius 1 is 1.31 bits per heavy atom. The summed E-state index contributed by atoms with van der Waals surface area (Å²) >= 11 is 0. The van der Waals surface area contributed by atoms with E-state index in [4.69, 9.17) is 15.2 Å². The van der Waals surface area contributed by atoms with Gasteiger partial charge in [0.15, 0.2) is 0 Å². The largest absolute Gasteiger partial charge is 0.477 e. The van der Waals surface area contributed by atoms with Gasteiger partial charge in [-0.2, -0.15) is 5.10 Å². The summed E-state index contributed by atoms with van der Waals surface area (Å²) in [5, 5.41) is 4.38. The summed E-state index contributed by atoms with van der Waals surface area (Å²) in [5.74, 6) is 0.568. The molecule has 1 unspecified atom stereocenters. The van der Waals surface area contributed by atoms with Gasteiger partial charge in [-0.25, -0.2) is 4.98 Å². The number of allylic oxidation sites excluding steroid dienone is 2. The lowest BCUT2D eigenvalue weighted by Gasteiger charge is -2.29. The minimum absolute atomic E-state index is 0.0750. The molecule has 0 saturated carbocycles. The number of nitrogens with two attached hydrogens (primary N) is 1. The van der Waals surface area contributed by atoms with E-state index in [1.807, 2.05) is 36.4 Å². The molecule has 1 atom stereocenters. The summed E-state index contributed by atoms with van der Waals surface area (Å²) in [4.78, 5) is 11.2. The highest BCUT2D eigenvalue weighted by molar-refractivity contribution is 5.79. The molecule has 1 aliphatic heterocycles. The number of hydrazone groups is 1. The number of nitrogens with zero attached hydrogens (tertiary/aromatic N) is 4. The Kier molecular flexibility index (Phi) is 7.47. The smallest absolute Gasteiger partial charge is 0.215 e. The van der Waals surface area contributed by atoms with Gasteiger partial charge < -0.3 is 20.1 Å². The number of aromatic nitrogens is 2. The summed E-state index contributed by atoms with van der Waals surface area (Å²) in [5.41, 5.74) is 14.1. The van der Waals surface area contributed by atoms with Crippen molar-refractivity contribution in [3.63, 3.8) is 0 Å². The molecular weight excluding hydrogens is 404 g/mol. The quantitative estimate of drug-likeness (QED) is 0.486. The molecular formula is C24H30N6O2. The lowest BCUT2D eigenvalue weighted by atomic mass is 10.0. The fourth-order valence-electron chi connectivity index (χ4n) is 3.60. The van der Waals surface area contributed by atoms with Crippen molar-refractivity contribution in [1.82, 2.24) is 15.4 Å². The second kappa shape index (κ2) is 10.9. The van der Waals surface area contributed by atoms with Crippen LogP contribution in [0.5, 0.6) is 5.88 Å². The summed E-state index contributed by atoms with van der Waals surface area (Å²) in [6, 6.07) is 9.79. The van der Waals surface area contributed by atoms with Crippen LogP contribution in [0.4, 0.5) is 5.69 Å². The third-order valence-corrected chi connectivity index (χ3v) is 5.38. The van der Waals surface area contributed by atoms with E-state index in [1.54, 1.807) is 12.4 Å². The van der Waals surface area contributed by atoms with Gasteiger partial charge in [0.05, 0.1) is 37.4 Å². The van der Waals surface area contributed by atoms with Crippen LogP contribution in [0.15, 0.2) is 65.1 Å². The molecule has 8 nitrogen and oxygen atoms in total. The van der Waals surface area contributed by atoms with Gasteiger partial charge in [0, 0.05) is 49.2 Å². The van der Waals surface area contributed by atoms with Crippen LogP contribution in [-0.4, -0.2) is 55.1 Å². The molecule has 8 heteroatoms. The third-order valence-electron chi connectivity index (χ3n) is 5.38. The Balaban J connectivity index is 1.47. The van der Waals surface area contributed by atoms with E-state index in [0.29, 0.717) is 37.8 Å². The minimum Gasteiger partial charge on any atom is -0.477 e. The minimum atomic E-state index is -0.0750. The molecule has 3 N–H and O–H groups in total. The van der Waals surface area contributed by atoms with Crippen LogP contribution in [0.3, 0.4) is 0 Å². The maximum Gasteiger partial charge on any atom is 0.215 e. The van der Waals surface area contributed by atoms with Crippen LogP contribution in [0, 0.1) is 0 Å². The normalized spacial score (nSPS) is 18.9. The van der Waals surface area contributed by atoms with Crippen molar-refractivity contribution < 1.29 is 9.47 Å². The van der Waals surface area contributed by atoms with Gasteiger partial charge in [-0.15, -0.1) is 0 Å². The zero-order chi connectivity index (χ0) is 22.2. The monoisotopic (exact) mass is 434 g/mol. The lowest BCUT2D eigenvalue weighted by molar-refractivity contribution is 0.122. The van der Waals surface area contributed by atoms with Crippen molar-refractivity contribution in [2.45, 2.75) is 25.8 Å². The maximum absolute atomic E-state index is 6.16. The fraction of sp³-hybridized carbons (Fsp3) is 0.375. The number of rotatable bonds is 8. The molecule has 2 aromatic heterocycles. The highest BCUT2D eigenvalue weighted by Crippen LogP contribution is 2.22. The van der Waals surface area contributed by atoms with Crippen LogP contribution in [0.2, 0.25) is 0 Å². The molecule has 0 radical (unpaired) electrons. The number of hydrogen-bond donors (Lipinski definition) is 2. The molecule has 0 bridgehead atoms. The number of hydrogen-bond acceptors (Lipinski definition) is 8. The predicted octanol–water partition coefficient (Wildman–Crippen LogP) is 2.42. The molecule has 2 aliphatic rings. The Bertz CT molecular complexity index is 983. The molecule has 1 fully saturated rings. The summed E-state index contributed by atoms with van der Waals surface area (Å²) in [7, 11) is 0. The maximum atomic E-state index is 6.16. The van der Waals surface area contributed by atoms with Crippen molar-refractivity contribution >= 4 is 11.9 Å². The molecule has 0 amide bonds. The van der Waals surface area contributed by atoms with Crippen LogP contribution < -0.4 is 20.8 Å². The first-order valence-corrected chi connectivity index (χ1v) is 11.0. The second-order valence-electron chi connectivity index (χ2n) is 7.87. The lowest BCUT2D eigenvalue weighted by Crippen LogP contribution is -2.36. The standard InChI is InChI=1S/C24H30N6O2/c1-18-5-6-22(25)23(14-18)29-27-17-20-15-21(30-9-12-31-13-10-30)16-24(28-20)32-11-7-19-4-2-3-8-26-19/h2-5,8,14-17,22,29H,6-7,9-13,25H2,1H3/b27-17+. The fourth-order valence-corrected chi connectivity index (χ4v) is 3.60. The average Bonchev–Trinajstić information content (AvgIpc) is 2.82. The number of nitrogens with one attached hydrogen (secondary N) is 1. The van der Waals surface area contributed by atoms with Crippen LogP contribution in [0.25, 0.3) is 0 Å². The van der Waals surface area contributed by atoms with Crippen LogP contribution >= 0.6 is 0 Å². The molecule has 0 spiro atoms. The molecule has 1 aliphatic carbocycles. The van der Waals surface area contributed by atoms with Crippen molar-refractivity contribution in [1.29, 1.82) is 0 Å². The van der Waals surface area contributed by atoms with E-state index >= 15 is 0 Å². The number of pyridine rings is 2. The molecule has 32 heavy (non-hydrogen) atoms. The Morgan fingerprint density at radius 3 is 3.00 bits per heavy atom. The van der Waals surface area contributed by atoms with Crippen molar-refractivity contribution in [2.75, 3.05) is 37.8 Å². The van der Waals surface area contributed by atoms with Gasteiger partial charge in [-0.05, 0) is 37.6 Å². The second-order valence-corrected chi connectivity index (χ2v) is 7.87. The van der Waals surface area contributed by atoms with E-state index < -0.39 is 0 Å². The first kappa shape index (κ1) is 22.0. The van der Waals surface area contributed by atoms with E-state index in [0.717, 1.165) is 36.6 Å². The van der Waals surface area contributed by atoms with Gasteiger partial charge in [-0.1, -0.05) is 17.7 Å². The van der Waals surface area contributed by atoms with Crippen LogP contribution in [0.1, 0.15) is 24.7 Å². The summed E-state index contributed by atoms with van der Waals surface area (Å²) in [6.45, 7) is 5.64. The van der Waals surface area contributed by atoms with E-state index in [1.165, 1.54) is 5.57 Å². The number of morpholine rings is 1. The SMILES string of the molecule is CC1=CCC(N)C(N/N=C/c2cc(N3CCOCC3)cc(OCCc3ccccn3)n2)=C1. The third kappa shape index (κ3) is 6.15. The Morgan fingerprint density at radius 2 is 2.19 bits per heavy atom.